The Bertz CT molecular complexity index is 1200. The van der Waals surface area contributed by atoms with Crippen molar-refractivity contribution < 1.29 is 0 Å². The highest BCUT2D eigenvalue weighted by Gasteiger charge is 2.15. The first kappa shape index (κ1) is 33.2. The zero-order valence-corrected chi connectivity index (χ0v) is 27.3. The first-order chi connectivity index (χ1) is 18.1. The van der Waals surface area contributed by atoms with Crippen LogP contribution in [0.15, 0.2) is 84.2 Å². The van der Waals surface area contributed by atoms with Crippen molar-refractivity contribution >= 4 is 62.1 Å². The third-order valence-corrected chi connectivity index (χ3v) is 11.5. The van der Waals surface area contributed by atoms with Crippen LogP contribution in [0.1, 0.15) is 60.8 Å². The second-order valence-corrected chi connectivity index (χ2v) is 14.3. The van der Waals surface area contributed by atoms with E-state index >= 15 is 0 Å². The molecule has 2 aromatic heterocycles. The normalized spacial score (nSPS) is 12.8. The number of hydrogen-bond acceptors (Lipinski definition) is 0. The van der Waals surface area contributed by atoms with Gasteiger partial charge in [-0.3, -0.25) is 0 Å². The number of rotatable bonds is 0. The highest BCUT2D eigenvalue weighted by Crippen LogP contribution is 2.40. The van der Waals surface area contributed by atoms with Gasteiger partial charge in [-0.15, -0.1) is 0 Å². The number of benzene rings is 3. The number of thiophene rings is 2. The molecule has 0 nitrogen and oxygen atoms in total. The molecule has 6 rings (SSSR count). The molecule has 3 aromatic carbocycles. The zero-order chi connectivity index (χ0) is 27.6. The van der Waals surface area contributed by atoms with E-state index in [4.69, 9.17) is 0 Å². The SMILES string of the molecule is CC.CC.CC.C[S+]1CCCCC1.C[s+]1c2ccccc2c2ccccc21.C[s+]1ccc2ccccc21. The van der Waals surface area contributed by atoms with Crippen molar-refractivity contribution in [2.24, 2.45) is 12.5 Å². The molecule has 0 amide bonds. The van der Waals surface area contributed by atoms with E-state index in [9.17, 15) is 0 Å². The molecule has 0 radical (unpaired) electrons. The molecule has 3 heteroatoms. The summed E-state index contributed by atoms with van der Waals surface area (Å²) in [6.07, 6.45) is 11.4. The summed E-state index contributed by atoms with van der Waals surface area (Å²) in [4.78, 5) is 0. The van der Waals surface area contributed by atoms with E-state index in [1.54, 1.807) is 0 Å². The van der Waals surface area contributed by atoms with E-state index in [2.05, 4.69) is 103 Å². The van der Waals surface area contributed by atoms with Crippen LogP contribution in [-0.4, -0.2) is 17.8 Å². The van der Waals surface area contributed by atoms with Crippen LogP contribution >= 0.6 is 20.9 Å². The second-order valence-electron chi connectivity index (χ2n) is 8.15. The van der Waals surface area contributed by atoms with E-state index in [-0.39, 0.29) is 10.5 Å². The predicted octanol–water partition coefficient (Wildman–Crippen LogP) is 11.9. The minimum atomic E-state index is 0.277. The van der Waals surface area contributed by atoms with Gasteiger partial charge in [-0.25, -0.2) is 0 Å². The molecule has 37 heavy (non-hydrogen) atoms. The van der Waals surface area contributed by atoms with Crippen LogP contribution in [0.2, 0.25) is 0 Å². The summed E-state index contributed by atoms with van der Waals surface area (Å²) in [7, 11) is 1.46. The fourth-order valence-electron chi connectivity index (χ4n) is 4.17. The Labute approximate surface area is 236 Å². The molecule has 0 bridgehead atoms. The van der Waals surface area contributed by atoms with E-state index in [0.717, 1.165) is 10.9 Å². The lowest BCUT2D eigenvalue weighted by Crippen LogP contribution is -2.14. The molecule has 0 N–H and O–H groups in total. The molecule has 0 aliphatic carbocycles. The highest BCUT2D eigenvalue weighted by molar-refractivity contribution is 7.96. The fourth-order valence-corrected chi connectivity index (χ4v) is 8.88. The Morgan fingerprint density at radius 3 is 1.35 bits per heavy atom. The van der Waals surface area contributed by atoms with Gasteiger partial charge in [0.25, 0.3) is 0 Å². The molecule has 3 heterocycles. The largest absolute Gasteiger partial charge is 0.181 e. The molecule has 5 aromatic rings. The lowest BCUT2D eigenvalue weighted by Gasteiger charge is -2.07. The summed E-state index contributed by atoms with van der Waals surface area (Å²) >= 11 is 0. The van der Waals surface area contributed by atoms with E-state index in [0.29, 0.717) is 10.5 Å². The van der Waals surface area contributed by atoms with Crippen molar-refractivity contribution in [3.05, 3.63) is 84.2 Å². The fraction of sp³-hybridized carbons (Fsp3) is 0.412. The van der Waals surface area contributed by atoms with Gasteiger partial charge in [0.2, 0.25) is 0 Å². The van der Waals surface area contributed by atoms with Crippen molar-refractivity contribution in [2.75, 3.05) is 17.8 Å². The second kappa shape index (κ2) is 19.3. The monoisotopic (exact) mass is 555 g/mol. The smallest absolute Gasteiger partial charge is 0.0683 e. The van der Waals surface area contributed by atoms with Gasteiger partial charge in [0.1, 0.15) is 29.4 Å². The summed E-state index contributed by atoms with van der Waals surface area (Å²) in [5, 5.41) is 6.52. The van der Waals surface area contributed by atoms with Crippen LogP contribution in [0.25, 0.3) is 30.3 Å². The van der Waals surface area contributed by atoms with Gasteiger partial charge < -0.3 is 0 Å². The lowest BCUT2D eigenvalue weighted by molar-refractivity contribution is 0.758. The Kier molecular flexibility index (Phi) is 17.3. The number of fused-ring (bicyclic) bond motifs is 4. The topological polar surface area (TPSA) is 0 Å². The Balaban J connectivity index is 0.000000263. The first-order valence-electron chi connectivity index (χ1n) is 14.0. The molecule has 1 saturated heterocycles. The van der Waals surface area contributed by atoms with Crippen molar-refractivity contribution in [1.82, 2.24) is 0 Å². The minimum Gasteiger partial charge on any atom is -0.0683 e. The molecule has 1 aliphatic rings. The van der Waals surface area contributed by atoms with Crippen molar-refractivity contribution in [1.29, 1.82) is 0 Å². The molecule has 202 valence electrons. The van der Waals surface area contributed by atoms with Gasteiger partial charge in [0, 0.05) is 22.2 Å². The van der Waals surface area contributed by atoms with Crippen molar-refractivity contribution in [2.45, 2.75) is 60.8 Å². The van der Waals surface area contributed by atoms with Gasteiger partial charge in [0.05, 0.1) is 6.26 Å². The van der Waals surface area contributed by atoms with Crippen LogP contribution in [-0.2, 0) is 23.4 Å². The van der Waals surface area contributed by atoms with Crippen LogP contribution < -0.4 is 0 Å². The molecule has 0 saturated carbocycles. The van der Waals surface area contributed by atoms with Gasteiger partial charge in [0.15, 0.2) is 14.1 Å². The van der Waals surface area contributed by atoms with Gasteiger partial charge in [-0.1, -0.05) is 77.9 Å². The van der Waals surface area contributed by atoms with Crippen molar-refractivity contribution in [3.8, 4) is 0 Å². The highest BCUT2D eigenvalue weighted by atomic mass is 32.2. The molecule has 0 spiro atoms. The van der Waals surface area contributed by atoms with Crippen LogP contribution in [0, 0.1) is 0 Å². The predicted molar refractivity (Wildman–Crippen MR) is 183 cm³/mol. The molecule has 1 unspecified atom stereocenters. The lowest BCUT2D eigenvalue weighted by atomic mass is 10.2. The molecule has 1 atom stereocenters. The van der Waals surface area contributed by atoms with E-state index < -0.39 is 0 Å². The van der Waals surface area contributed by atoms with E-state index in [1.165, 1.54) is 61.0 Å². The Morgan fingerprint density at radius 1 is 0.486 bits per heavy atom. The van der Waals surface area contributed by atoms with Crippen LogP contribution in [0.4, 0.5) is 0 Å². The minimum absolute atomic E-state index is 0.277. The third-order valence-electron chi connectivity index (χ3n) is 5.93. The molecule has 1 fully saturated rings. The van der Waals surface area contributed by atoms with Gasteiger partial charge >= 0.3 is 0 Å². The maximum absolute atomic E-state index is 2.39. The average Bonchev–Trinajstić information content (AvgIpc) is 3.51. The Hall–Kier alpha value is -1.81. The number of hydrogen-bond donors (Lipinski definition) is 0. The molecular formula is C34H51S3+3. The maximum Gasteiger partial charge on any atom is 0.181 e. The quantitative estimate of drug-likeness (QED) is 0.167. The van der Waals surface area contributed by atoms with Crippen LogP contribution in [0.5, 0.6) is 0 Å². The standard InChI is InChI=1S/C13H11S.C9H9S.C6H13S.3C2H6/c1-14-12-8-4-2-6-10(12)11-7-3-5-9-13(11)14;1-10-7-6-8-4-2-3-5-9(8)10;1-7-5-3-2-4-6-7;3*1-2/h2-9H,1H3;2-7H,1H3;2-6H2,1H3;3*1-2H3/q3*+1;;;. The number of aryl methyl sites for hydroxylation is 2. The molecule has 1 aliphatic heterocycles. The summed E-state index contributed by atoms with van der Waals surface area (Å²) < 4.78 is 4.48. The summed E-state index contributed by atoms with van der Waals surface area (Å²) in [6.45, 7) is 12.0. The van der Waals surface area contributed by atoms with E-state index in [1.807, 2.05) is 41.5 Å². The summed E-state index contributed by atoms with van der Waals surface area (Å²) in [5.41, 5.74) is 0. The van der Waals surface area contributed by atoms with Gasteiger partial charge in [-0.2, -0.15) is 0 Å². The maximum atomic E-state index is 2.39. The average molecular weight is 556 g/mol. The van der Waals surface area contributed by atoms with Crippen molar-refractivity contribution in [3.63, 3.8) is 0 Å². The summed E-state index contributed by atoms with van der Waals surface area (Å²) in [6, 6.07) is 28.2. The Morgan fingerprint density at radius 2 is 0.919 bits per heavy atom. The third kappa shape index (κ3) is 9.78. The van der Waals surface area contributed by atoms with Crippen LogP contribution in [0.3, 0.4) is 0 Å². The zero-order valence-electron chi connectivity index (χ0n) is 24.8. The van der Waals surface area contributed by atoms with Gasteiger partial charge in [-0.05, 0) is 87.5 Å². The first-order valence-corrected chi connectivity index (χ1v) is 19.3. The molecular weight excluding hydrogens is 505 g/mol. The summed E-state index contributed by atoms with van der Waals surface area (Å²) in [5.74, 6) is 3.03.